The molecule has 1 unspecified atom stereocenters. The first-order chi connectivity index (χ1) is 11.7. The molecule has 0 saturated carbocycles. The maximum absolute atomic E-state index is 12.0. The van der Waals surface area contributed by atoms with Crippen LogP contribution in [0, 0.1) is 0 Å². The first-order valence-electron chi connectivity index (χ1n) is 7.89. The highest BCUT2D eigenvalue weighted by Crippen LogP contribution is 2.16. The minimum atomic E-state index is -0.184. The molecule has 2 aromatic carbocycles. The van der Waals surface area contributed by atoms with E-state index in [0.29, 0.717) is 6.54 Å². The third-order valence-corrected chi connectivity index (χ3v) is 4.58. The van der Waals surface area contributed by atoms with Crippen LogP contribution in [0.2, 0.25) is 0 Å². The lowest BCUT2D eigenvalue weighted by Gasteiger charge is -2.12. The van der Waals surface area contributed by atoms with E-state index >= 15 is 0 Å². The molecule has 0 fully saturated rings. The summed E-state index contributed by atoms with van der Waals surface area (Å²) < 4.78 is 0. The molecular formula is C18H20N4OS. The van der Waals surface area contributed by atoms with E-state index in [-0.39, 0.29) is 12.1 Å². The number of thioether (sulfide) groups is 1. The van der Waals surface area contributed by atoms with Gasteiger partial charge >= 0.3 is 6.03 Å². The second kappa shape index (κ2) is 7.88. The van der Waals surface area contributed by atoms with Gasteiger partial charge in [-0.15, -0.1) is 11.8 Å². The largest absolute Gasteiger partial charge is 0.340 e. The lowest BCUT2D eigenvalue weighted by Crippen LogP contribution is -2.38. The van der Waals surface area contributed by atoms with E-state index in [2.05, 4.69) is 32.7 Å². The van der Waals surface area contributed by atoms with Crippen molar-refractivity contribution in [1.82, 2.24) is 20.6 Å². The number of hydrogen-bond acceptors (Lipinski definition) is 3. The van der Waals surface area contributed by atoms with E-state index < -0.39 is 0 Å². The number of aromatic amines is 1. The maximum Gasteiger partial charge on any atom is 0.315 e. The molecule has 1 heterocycles. The van der Waals surface area contributed by atoms with E-state index in [1.54, 1.807) is 11.8 Å². The number of fused-ring (bicyclic) bond motifs is 1. The summed E-state index contributed by atoms with van der Waals surface area (Å²) in [5.74, 6) is 1.58. The second-order valence-electron chi connectivity index (χ2n) is 5.42. The Kier molecular flexibility index (Phi) is 5.38. The number of aromatic nitrogens is 2. The van der Waals surface area contributed by atoms with Crippen LogP contribution in [-0.2, 0) is 0 Å². The number of urea groups is 1. The molecule has 2 amide bonds. The summed E-state index contributed by atoms with van der Waals surface area (Å²) in [6.45, 7) is 2.52. The van der Waals surface area contributed by atoms with Crippen LogP contribution < -0.4 is 10.6 Å². The average molecular weight is 340 g/mol. The van der Waals surface area contributed by atoms with Gasteiger partial charge in [0.1, 0.15) is 5.82 Å². The molecule has 24 heavy (non-hydrogen) atoms. The number of carbonyl (C=O) groups excluding carboxylic acids is 1. The Balaban J connectivity index is 1.44. The molecule has 124 valence electrons. The monoisotopic (exact) mass is 340 g/mol. The minimum absolute atomic E-state index is 0.181. The average Bonchev–Trinajstić information content (AvgIpc) is 3.04. The Morgan fingerprint density at radius 3 is 2.71 bits per heavy atom. The highest BCUT2D eigenvalue weighted by molar-refractivity contribution is 7.99. The van der Waals surface area contributed by atoms with Crippen LogP contribution in [0.4, 0.5) is 4.79 Å². The molecule has 5 nitrogen and oxygen atoms in total. The molecule has 0 aliphatic rings. The van der Waals surface area contributed by atoms with Gasteiger partial charge in [-0.05, 0) is 31.2 Å². The minimum Gasteiger partial charge on any atom is -0.340 e. The molecule has 0 saturated heterocycles. The number of imidazole rings is 1. The van der Waals surface area contributed by atoms with Gasteiger partial charge in [0.25, 0.3) is 0 Å². The fraction of sp³-hybridized carbons (Fsp3) is 0.222. The summed E-state index contributed by atoms with van der Waals surface area (Å²) in [5.41, 5.74) is 1.88. The van der Waals surface area contributed by atoms with Crippen LogP contribution >= 0.6 is 11.8 Å². The van der Waals surface area contributed by atoms with Crippen molar-refractivity contribution in [2.75, 3.05) is 12.3 Å². The van der Waals surface area contributed by atoms with E-state index in [9.17, 15) is 4.79 Å². The molecule has 0 spiro atoms. The third-order valence-electron chi connectivity index (χ3n) is 3.57. The van der Waals surface area contributed by atoms with Gasteiger partial charge in [0.15, 0.2) is 0 Å². The van der Waals surface area contributed by atoms with Crippen LogP contribution in [0.5, 0.6) is 0 Å². The van der Waals surface area contributed by atoms with Crippen molar-refractivity contribution < 1.29 is 4.79 Å². The summed E-state index contributed by atoms with van der Waals surface area (Å²) in [5, 5.41) is 5.78. The van der Waals surface area contributed by atoms with Gasteiger partial charge in [0.05, 0.1) is 17.1 Å². The molecule has 1 atom stereocenters. The molecule has 6 heteroatoms. The SMILES string of the molecule is CC(NC(=O)NCCSc1ccccc1)c1nc2ccccc2[nH]1. The number of benzene rings is 2. The number of nitrogens with one attached hydrogen (secondary N) is 3. The zero-order valence-corrected chi connectivity index (χ0v) is 14.3. The highest BCUT2D eigenvalue weighted by Gasteiger charge is 2.13. The third kappa shape index (κ3) is 4.29. The first kappa shape index (κ1) is 16.4. The quantitative estimate of drug-likeness (QED) is 0.473. The van der Waals surface area contributed by atoms with Crippen LogP contribution in [0.3, 0.4) is 0 Å². The Bertz CT molecular complexity index is 770. The summed E-state index contributed by atoms with van der Waals surface area (Å²) in [7, 11) is 0. The van der Waals surface area contributed by atoms with Gasteiger partial charge in [0.2, 0.25) is 0 Å². The van der Waals surface area contributed by atoms with Crippen molar-refractivity contribution >= 4 is 28.8 Å². The zero-order valence-electron chi connectivity index (χ0n) is 13.5. The number of hydrogen-bond donors (Lipinski definition) is 3. The van der Waals surface area contributed by atoms with Crippen molar-refractivity contribution in [1.29, 1.82) is 0 Å². The predicted octanol–water partition coefficient (Wildman–Crippen LogP) is 3.72. The number of amides is 2. The van der Waals surface area contributed by atoms with Crippen molar-refractivity contribution in [3.05, 3.63) is 60.4 Å². The van der Waals surface area contributed by atoms with Gasteiger partial charge in [-0.2, -0.15) is 0 Å². The lowest BCUT2D eigenvalue weighted by atomic mass is 10.3. The van der Waals surface area contributed by atoms with Gasteiger partial charge in [0, 0.05) is 17.2 Å². The van der Waals surface area contributed by atoms with Crippen molar-refractivity contribution in [3.8, 4) is 0 Å². The maximum atomic E-state index is 12.0. The van der Waals surface area contributed by atoms with Crippen molar-refractivity contribution in [3.63, 3.8) is 0 Å². The predicted molar refractivity (Wildman–Crippen MR) is 98.2 cm³/mol. The zero-order chi connectivity index (χ0) is 16.8. The second-order valence-corrected chi connectivity index (χ2v) is 6.59. The smallest absolute Gasteiger partial charge is 0.315 e. The standard InChI is InChI=1S/C18H20N4OS/c1-13(17-21-15-9-5-6-10-16(15)22-17)20-18(23)19-11-12-24-14-7-3-2-4-8-14/h2-10,13H,11-12H2,1H3,(H,21,22)(H2,19,20,23). The lowest BCUT2D eigenvalue weighted by molar-refractivity contribution is 0.238. The van der Waals surface area contributed by atoms with Gasteiger partial charge in [-0.25, -0.2) is 9.78 Å². The van der Waals surface area contributed by atoms with Gasteiger partial charge in [-0.3, -0.25) is 0 Å². The van der Waals surface area contributed by atoms with E-state index in [1.807, 2.05) is 49.4 Å². The number of H-pyrrole nitrogens is 1. The summed E-state index contributed by atoms with van der Waals surface area (Å²) in [6, 6.07) is 17.6. The van der Waals surface area contributed by atoms with Crippen LogP contribution in [-0.4, -0.2) is 28.3 Å². The Morgan fingerprint density at radius 2 is 1.92 bits per heavy atom. The van der Waals surface area contributed by atoms with E-state index in [0.717, 1.165) is 22.6 Å². The first-order valence-corrected chi connectivity index (χ1v) is 8.88. The van der Waals surface area contributed by atoms with Crippen LogP contribution in [0.25, 0.3) is 11.0 Å². The molecule has 0 aliphatic heterocycles. The molecule has 0 aliphatic carbocycles. The fourth-order valence-corrected chi connectivity index (χ4v) is 3.13. The number of carbonyl (C=O) groups is 1. The van der Waals surface area contributed by atoms with E-state index in [4.69, 9.17) is 0 Å². The number of nitrogens with zero attached hydrogens (tertiary/aromatic N) is 1. The molecule has 0 bridgehead atoms. The van der Waals surface area contributed by atoms with Gasteiger partial charge < -0.3 is 15.6 Å². The summed E-state index contributed by atoms with van der Waals surface area (Å²) in [4.78, 5) is 20.9. The Morgan fingerprint density at radius 1 is 1.17 bits per heavy atom. The molecule has 3 aromatic rings. The highest BCUT2D eigenvalue weighted by atomic mass is 32.2. The molecule has 3 rings (SSSR count). The topological polar surface area (TPSA) is 69.8 Å². The van der Waals surface area contributed by atoms with Crippen LogP contribution in [0.1, 0.15) is 18.8 Å². The number of para-hydroxylation sites is 2. The van der Waals surface area contributed by atoms with Crippen LogP contribution in [0.15, 0.2) is 59.5 Å². The summed E-state index contributed by atoms with van der Waals surface area (Å²) >= 11 is 1.72. The van der Waals surface area contributed by atoms with Crippen molar-refractivity contribution in [2.45, 2.75) is 17.9 Å². The van der Waals surface area contributed by atoms with Crippen molar-refractivity contribution in [2.24, 2.45) is 0 Å². The Labute approximate surface area is 145 Å². The van der Waals surface area contributed by atoms with Gasteiger partial charge in [-0.1, -0.05) is 30.3 Å². The number of rotatable bonds is 6. The van der Waals surface area contributed by atoms with E-state index in [1.165, 1.54) is 4.90 Å². The Hall–Kier alpha value is -2.47. The molecule has 0 radical (unpaired) electrons. The molecule has 1 aromatic heterocycles. The summed E-state index contributed by atoms with van der Waals surface area (Å²) in [6.07, 6.45) is 0. The molecular weight excluding hydrogens is 320 g/mol. The molecule has 3 N–H and O–H groups in total. The normalized spacial score (nSPS) is 12.0. The fourth-order valence-electron chi connectivity index (χ4n) is 2.34.